The molecule has 1 aliphatic rings. The summed E-state index contributed by atoms with van der Waals surface area (Å²) >= 11 is 0. The molecule has 0 saturated heterocycles. The summed E-state index contributed by atoms with van der Waals surface area (Å²) in [6.07, 6.45) is 1.08. The van der Waals surface area contributed by atoms with Gasteiger partial charge in [-0.2, -0.15) is 5.10 Å². The summed E-state index contributed by atoms with van der Waals surface area (Å²) < 4.78 is 7.18. The highest BCUT2D eigenvalue weighted by Gasteiger charge is 2.31. The third-order valence-corrected chi connectivity index (χ3v) is 5.12. The van der Waals surface area contributed by atoms with E-state index in [1.54, 1.807) is 19.2 Å². The van der Waals surface area contributed by atoms with Gasteiger partial charge in [0, 0.05) is 24.3 Å². The molecule has 1 unspecified atom stereocenters. The van der Waals surface area contributed by atoms with Crippen LogP contribution in [-0.2, 0) is 22.6 Å². The molecule has 1 aromatic carbocycles. The molecule has 1 aromatic heterocycles. The van der Waals surface area contributed by atoms with Gasteiger partial charge in [0.25, 0.3) is 0 Å². The van der Waals surface area contributed by atoms with E-state index in [4.69, 9.17) is 4.74 Å². The molecule has 2 heterocycles. The first-order valence-corrected chi connectivity index (χ1v) is 9.23. The number of carbonyl (C=O) groups excluding carboxylic acids is 2. The largest absolute Gasteiger partial charge is 0.497 e. The van der Waals surface area contributed by atoms with E-state index in [0.29, 0.717) is 24.5 Å². The smallest absolute Gasteiger partial charge is 0.228 e. The Kier molecular flexibility index (Phi) is 5.48. The van der Waals surface area contributed by atoms with E-state index in [1.807, 2.05) is 17.7 Å². The number of amides is 2. The number of nitrogens with one attached hydrogen (secondary N) is 2. The van der Waals surface area contributed by atoms with Crippen LogP contribution in [0, 0.1) is 13.8 Å². The molecule has 144 valence electrons. The van der Waals surface area contributed by atoms with Gasteiger partial charge in [-0.15, -0.1) is 0 Å². The van der Waals surface area contributed by atoms with Crippen molar-refractivity contribution in [1.82, 2.24) is 15.1 Å². The molecule has 2 N–H and O–H groups in total. The molecule has 0 saturated carbocycles. The Hall–Kier alpha value is -2.83. The molecular weight excluding hydrogens is 344 g/mol. The van der Waals surface area contributed by atoms with E-state index in [0.717, 1.165) is 23.4 Å². The van der Waals surface area contributed by atoms with Crippen molar-refractivity contribution in [3.8, 4) is 5.75 Å². The van der Waals surface area contributed by atoms with Crippen LogP contribution in [0.25, 0.3) is 0 Å². The van der Waals surface area contributed by atoms with Gasteiger partial charge in [-0.25, -0.2) is 0 Å². The number of nitrogens with zero attached hydrogens (tertiary/aromatic N) is 2. The lowest BCUT2D eigenvalue weighted by Crippen LogP contribution is -2.36. The van der Waals surface area contributed by atoms with Gasteiger partial charge in [0.15, 0.2) is 0 Å². The number of aryl methyl sites for hydroxylation is 1. The number of hydrogen-bond donors (Lipinski definition) is 2. The second kappa shape index (κ2) is 7.82. The van der Waals surface area contributed by atoms with Crippen molar-refractivity contribution in [3.05, 3.63) is 40.7 Å². The molecule has 7 nitrogen and oxygen atoms in total. The summed E-state index contributed by atoms with van der Waals surface area (Å²) in [5, 5.41) is 10.3. The molecule has 1 atom stereocenters. The lowest BCUT2D eigenvalue weighted by molar-refractivity contribution is -0.126. The zero-order chi connectivity index (χ0) is 19.6. The molecule has 0 aliphatic carbocycles. The van der Waals surface area contributed by atoms with Crippen LogP contribution in [0.2, 0.25) is 0 Å². The molecule has 2 aromatic rings. The van der Waals surface area contributed by atoms with E-state index in [9.17, 15) is 9.59 Å². The molecule has 3 rings (SSSR count). The molecule has 0 bridgehead atoms. The average molecular weight is 370 g/mol. The molecule has 0 spiro atoms. The fraction of sp³-hybridized carbons (Fsp3) is 0.450. The summed E-state index contributed by atoms with van der Waals surface area (Å²) in [4.78, 5) is 24.7. The second-order valence-electron chi connectivity index (χ2n) is 6.78. The average Bonchev–Trinajstić information content (AvgIpc) is 2.93. The molecule has 0 radical (unpaired) electrons. The highest BCUT2D eigenvalue weighted by molar-refractivity contribution is 6.01. The predicted molar refractivity (Wildman–Crippen MR) is 103 cm³/mol. The van der Waals surface area contributed by atoms with Gasteiger partial charge in [0.2, 0.25) is 11.8 Å². The Morgan fingerprint density at radius 2 is 2.19 bits per heavy atom. The van der Waals surface area contributed by atoms with Crippen LogP contribution >= 0.6 is 0 Å². The normalized spacial score (nSPS) is 15.9. The minimum absolute atomic E-state index is 0.131. The molecule has 27 heavy (non-hydrogen) atoms. The Bertz CT molecular complexity index is 872. The van der Waals surface area contributed by atoms with Crippen LogP contribution in [0.4, 0.5) is 5.69 Å². The molecule has 0 fully saturated rings. The maximum atomic E-state index is 12.7. The number of benzene rings is 1. The quantitative estimate of drug-likeness (QED) is 0.817. The number of rotatable bonds is 6. The highest BCUT2D eigenvalue weighted by atomic mass is 16.5. The van der Waals surface area contributed by atoms with Crippen LogP contribution < -0.4 is 15.4 Å². The number of carbonyl (C=O) groups is 2. The van der Waals surface area contributed by atoms with E-state index in [1.165, 1.54) is 5.56 Å². The van der Waals surface area contributed by atoms with E-state index in [-0.39, 0.29) is 18.2 Å². The van der Waals surface area contributed by atoms with Gasteiger partial charge in [0.05, 0.1) is 25.3 Å². The Morgan fingerprint density at radius 3 is 2.85 bits per heavy atom. The minimum atomic E-state index is -0.518. The van der Waals surface area contributed by atoms with Crippen molar-refractivity contribution in [1.29, 1.82) is 0 Å². The van der Waals surface area contributed by atoms with Crippen molar-refractivity contribution in [2.75, 3.05) is 19.0 Å². The lowest BCUT2D eigenvalue weighted by Gasteiger charge is -2.25. The van der Waals surface area contributed by atoms with Gasteiger partial charge in [0.1, 0.15) is 5.75 Å². The van der Waals surface area contributed by atoms with Crippen LogP contribution in [0.15, 0.2) is 18.2 Å². The van der Waals surface area contributed by atoms with Crippen LogP contribution in [0.5, 0.6) is 5.75 Å². The third kappa shape index (κ3) is 3.82. The fourth-order valence-corrected chi connectivity index (χ4v) is 3.67. The van der Waals surface area contributed by atoms with Crippen molar-refractivity contribution in [2.24, 2.45) is 0 Å². The van der Waals surface area contributed by atoms with Crippen molar-refractivity contribution in [3.63, 3.8) is 0 Å². The first-order chi connectivity index (χ1) is 12.9. The summed E-state index contributed by atoms with van der Waals surface area (Å²) in [6, 6.07) is 5.36. The lowest BCUT2D eigenvalue weighted by atomic mass is 9.89. The SMILES string of the molecule is CCc1c(C)nn(CCNC(=O)C2CC(=O)Nc3ccc(OC)cc32)c1C. The van der Waals surface area contributed by atoms with Crippen LogP contribution in [0.1, 0.15) is 41.8 Å². The van der Waals surface area contributed by atoms with Gasteiger partial charge >= 0.3 is 0 Å². The summed E-state index contributed by atoms with van der Waals surface area (Å²) in [5.74, 6) is -0.163. The summed E-state index contributed by atoms with van der Waals surface area (Å²) in [7, 11) is 1.58. The first kappa shape index (κ1) is 18.9. The van der Waals surface area contributed by atoms with Crippen LogP contribution in [0.3, 0.4) is 0 Å². The molecule has 7 heteroatoms. The minimum Gasteiger partial charge on any atom is -0.497 e. The highest BCUT2D eigenvalue weighted by Crippen LogP contribution is 2.34. The molecule has 1 aliphatic heterocycles. The van der Waals surface area contributed by atoms with Crippen molar-refractivity contribution < 1.29 is 14.3 Å². The third-order valence-electron chi connectivity index (χ3n) is 5.12. The predicted octanol–water partition coefficient (Wildman–Crippen LogP) is 2.31. The van der Waals surface area contributed by atoms with Gasteiger partial charge in [-0.3, -0.25) is 14.3 Å². The number of ether oxygens (including phenoxy) is 1. The topological polar surface area (TPSA) is 85.2 Å². The Morgan fingerprint density at radius 1 is 1.41 bits per heavy atom. The second-order valence-corrected chi connectivity index (χ2v) is 6.78. The first-order valence-electron chi connectivity index (χ1n) is 9.23. The summed E-state index contributed by atoms with van der Waals surface area (Å²) in [5.41, 5.74) is 4.87. The monoisotopic (exact) mass is 370 g/mol. The molecular formula is C20H26N4O3. The maximum absolute atomic E-state index is 12.7. The number of hydrogen-bond acceptors (Lipinski definition) is 4. The van der Waals surface area contributed by atoms with Gasteiger partial charge in [-0.1, -0.05) is 6.92 Å². The Balaban J connectivity index is 1.69. The van der Waals surface area contributed by atoms with E-state index < -0.39 is 5.92 Å². The molecule has 2 amide bonds. The number of aromatic nitrogens is 2. The van der Waals surface area contributed by atoms with Gasteiger partial charge in [-0.05, 0) is 49.6 Å². The number of fused-ring (bicyclic) bond motifs is 1. The van der Waals surface area contributed by atoms with Crippen LogP contribution in [-0.4, -0.2) is 35.2 Å². The van der Waals surface area contributed by atoms with Gasteiger partial charge < -0.3 is 15.4 Å². The van der Waals surface area contributed by atoms with E-state index >= 15 is 0 Å². The fourth-order valence-electron chi connectivity index (χ4n) is 3.67. The van der Waals surface area contributed by atoms with E-state index in [2.05, 4.69) is 29.6 Å². The van der Waals surface area contributed by atoms with Crippen molar-refractivity contribution >= 4 is 17.5 Å². The summed E-state index contributed by atoms with van der Waals surface area (Å²) in [6.45, 7) is 7.23. The zero-order valence-electron chi connectivity index (χ0n) is 16.3. The Labute approximate surface area is 159 Å². The number of anilines is 1. The zero-order valence-corrected chi connectivity index (χ0v) is 16.3. The van der Waals surface area contributed by atoms with Crippen molar-refractivity contribution in [2.45, 2.75) is 46.1 Å². The number of methoxy groups -OCH3 is 1. The standard InChI is InChI=1S/C20H26N4O3/c1-5-15-12(2)23-24(13(15)3)9-8-21-20(26)17-11-19(25)22-18-7-6-14(27-4)10-16(17)18/h6-7,10,17H,5,8-9,11H2,1-4H3,(H,21,26)(H,22,25). The maximum Gasteiger partial charge on any atom is 0.228 e.